The maximum Gasteiger partial charge on any atom is 0.306 e. The number of carboxylic acids is 1. The number of amides is 2. The van der Waals surface area contributed by atoms with Gasteiger partial charge in [-0.2, -0.15) is 0 Å². The molecule has 2 saturated carbocycles. The zero-order valence-corrected chi connectivity index (χ0v) is 21.8. The first-order valence-electron chi connectivity index (χ1n) is 13.4. The van der Waals surface area contributed by atoms with E-state index in [1.807, 2.05) is 24.3 Å². The molecular formula is C30H34N2O7. The lowest BCUT2D eigenvalue weighted by molar-refractivity contribution is -0.147. The van der Waals surface area contributed by atoms with Crippen LogP contribution in [0.3, 0.4) is 0 Å². The minimum atomic E-state index is -1.09. The lowest BCUT2D eigenvalue weighted by Gasteiger charge is -2.12. The van der Waals surface area contributed by atoms with Gasteiger partial charge in [0, 0.05) is 5.56 Å². The highest BCUT2D eigenvalue weighted by atomic mass is 16.5. The molecule has 9 heteroatoms. The molecule has 2 aliphatic rings. The first-order valence-corrected chi connectivity index (χ1v) is 13.4. The number of benzene rings is 2. The van der Waals surface area contributed by atoms with E-state index in [1.54, 1.807) is 30.3 Å². The third kappa shape index (κ3) is 9.59. The standard InChI is InChI=1S/C30H34N2O7/c33-27(34)13-14-28(35)39-18-16-31-30(37)26(19-21-3-5-22(6-4-21)23-7-8-23)32-29(36)24-9-11-25(12-10-24)38-17-15-20-1-2-20/h3-6,9-12,19-20,23H,1-2,7-8,13-18H2,(H,31,37)(H,32,36)(H,33,34)/b26-19-. The topological polar surface area (TPSA) is 131 Å². The van der Waals surface area contributed by atoms with Gasteiger partial charge in [-0.1, -0.05) is 37.1 Å². The Bertz CT molecular complexity index is 1200. The number of nitrogens with one attached hydrogen (secondary N) is 2. The summed E-state index contributed by atoms with van der Waals surface area (Å²) < 4.78 is 10.7. The van der Waals surface area contributed by atoms with E-state index in [0.29, 0.717) is 23.8 Å². The molecule has 4 rings (SSSR count). The van der Waals surface area contributed by atoms with Gasteiger partial charge in [-0.05, 0) is 72.6 Å². The molecule has 0 spiro atoms. The fourth-order valence-corrected chi connectivity index (χ4v) is 3.96. The molecule has 2 aromatic rings. The molecule has 2 amide bonds. The number of aliphatic carboxylic acids is 1. The summed E-state index contributed by atoms with van der Waals surface area (Å²) in [4.78, 5) is 48.1. The molecule has 2 aromatic carbocycles. The van der Waals surface area contributed by atoms with Crippen molar-refractivity contribution in [2.24, 2.45) is 5.92 Å². The van der Waals surface area contributed by atoms with Crippen LogP contribution < -0.4 is 15.4 Å². The molecule has 0 atom stereocenters. The van der Waals surface area contributed by atoms with Gasteiger partial charge >= 0.3 is 11.9 Å². The number of hydrogen-bond acceptors (Lipinski definition) is 6. The summed E-state index contributed by atoms with van der Waals surface area (Å²) in [5, 5.41) is 14.0. The molecule has 0 unspecified atom stereocenters. The second kappa shape index (κ2) is 13.6. The molecule has 0 heterocycles. The largest absolute Gasteiger partial charge is 0.494 e. The van der Waals surface area contributed by atoms with Crippen LogP contribution in [0.15, 0.2) is 54.2 Å². The van der Waals surface area contributed by atoms with Crippen LogP contribution in [-0.2, 0) is 19.1 Å². The predicted octanol–water partition coefficient (Wildman–Crippen LogP) is 4.04. The van der Waals surface area contributed by atoms with E-state index in [2.05, 4.69) is 10.6 Å². The Morgan fingerprint density at radius 2 is 1.62 bits per heavy atom. The first kappa shape index (κ1) is 27.9. The maximum absolute atomic E-state index is 13.0. The van der Waals surface area contributed by atoms with Crippen molar-refractivity contribution < 1.29 is 33.8 Å². The monoisotopic (exact) mass is 534 g/mol. The van der Waals surface area contributed by atoms with Crippen LogP contribution in [0.2, 0.25) is 0 Å². The SMILES string of the molecule is O=C(O)CCC(=O)OCCNC(=O)/C(=C/c1ccc(C2CC2)cc1)NC(=O)c1ccc(OCCC2CC2)cc1. The Morgan fingerprint density at radius 3 is 2.26 bits per heavy atom. The van der Waals surface area contributed by atoms with E-state index in [1.165, 1.54) is 31.2 Å². The average molecular weight is 535 g/mol. The van der Waals surface area contributed by atoms with Crippen molar-refractivity contribution in [3.05, 3.63) is 70.9 Å². The van der Waals surface area contributed by atoms with Crippen molar-refractivity contribution in [2.45, 2.75) is 50.9 Å². The second-order valence-corrected chi connectivity index (χ2v) is 9.93. The smallest absolute Gasteiger partial charge is 0.306 e. The van der Waals surface area contributed by atoms with E-state index >= 15 is 0 Å². The number of carboxylic acid groups (broad SMARTS) is 1. The van der Waals surface area contributed by atoms with Gasteiger partial charge in [0.05, 0.1) is 26.0 Å². The Hall–Kier alpha value is -4.14. The first-order chi connectivity index (χ1) is 18.9. The number of rotatable bonds is 15. The van der Waals surface area contributed by atoms with Crippen LogP contribution in [0.1, 0.15) is 72.3 Å². The second-order valence-electron chi connectivity index (χ2n) is 9.93. The van der Waals surface area contributed by atoms with Crippen molar-refractivity contribution >= 4 is 29.8 Å². The van der Waals surface area contributed by atoms with Gasteiger partial charge < -0.3 is 25.2 Å². The molecule has 0 aromatic heterocycles. The lowest BCUT2D eigenvalue weighted by Crippen LogP contribution is -2.36. The Balaban J connectivity index is 1.35. The summed E-state index contributed by atoms with van der Waals surface area (Å²) in [6.45, 7) is 0.528. The quantitative estimate of drug-likeness (QED) is 0.179. The van der Waals surface area contributed by atoms with E-state index in [-0.39, 0.29) is 31.7 Å². The molecule has 0 aliphatic heterocycles. The van der Waals surface area contributed by atoms with Crippen molar-refractivity contribution in [1.82, 2.24) is 10.6 Å². The Morgan fingerprint density at radius 1 is 0.897 bits per heavy atom. The molecule has 9 nitrogen and oxygen atoms in total. The van der Waals surface area contributed by atoms with Gasteiger partial charge in [-0.3, -0.25) is 19.2 Å². The zero-order chi connectivity index (χ0) is 27.6. The highest BCUT2D eigenvalue weighted by Crippen LogP contribution is 2.40. The number of ether oxygens (including phenoxy) is 2. The zero-order valence-electron chi connectivity index (χ0n) is 21.8. The van der Waals surface area contributed by atoms with Crippen LogP contribution >= 0.6 is 0 Å². The Kier molecular flexibility index (Phi) is 9.72. The van der Waals surface area contributed by atoms with E-state index < -0.39 is 23.8 Å². The average Bonchev–Trinajstić information content (AvgIpc) is 3.85. The third-order valence-electron chi connectivity index (χ3n) is 6.59. The van der Waals surface area contributed by atoms with Crippen molar-refractivity contribution in [3.8, 4) is 5.75 Å². The third-order valence-corrected chi connectivity index (χ3v) is 6.59. The fraction of sp³-hybridized carbons (Fsp3) is 0.400. The molecular weight excluding hydrogens is 500 g/mol. The van der Waals surface area contributed by atoms with Gasteiger partial charge in [0.25, 0.3) is 11.8 Å². The molecule has 0 radical (unpaired) electrons. The van der Waals surface area contributed by atoms with Crippen molar-refractivity contribution in [2.75, 3.05) is 19.8 Å². The highest BCUT2D eigenvalue weighted by Gasteiger charge is 2.23. The fourth-order valence-electron chi connectivity index (χ4n) is 3.96. The molecule has 2 fully saturated rings. The minimum absolute atomic E-state index is 0.00162. The van der Waals surface area contributed by atoms with Crippen LogP contribution in [0, 0.1) is 5.92 Å². The summed E-state index contributed by atoms with van der Waals surface area (Å²) in [6.07, 6.45) is 6.98. The van der Waals surface area contributed by atoms with Gasteiger partial charge in [0.15, 0.2) is 0 Å². The molecule has 3 N–H and O–H groups in total. The normalized spacial score (nSPS) is 14.8. The van der Waals surface area contributed by atoms with Crippen molar-refractivity contribution in [3.63, 3.8) is 0 Å². The molecule has 2 aliphatic carbocycles. The molecule has 0 saturated heterocycles. The van der Waals surface area contributed by atoms with E-state index in [0.717, 1.165) is 17.9 Å². The van der Waals surface area contributed by atoms with Crippen molar-refractivity contribution in [1.29, 1.82) is 0 Å². The van der Waals surface area contributed by atoms with E-state index in [9.17, 15) is 19.2 Å². The molecule has 0 bridgehead atoms. The van der Waals surface area contributed by atoms with E-state index in [4.69, 9.17) is 14.6 Å². The molecule has 39 heavy (non-hydrogen) atoms. The maximum atomic E-state index is 13.0. The molecule has 206 valence electrons. The van der Waals surface area contributed by atoms with Crippen LogP contribution in [-0.4, -0.2) is 48.6 Å². The lowest BCUT2D eigenvalue weighted by atomic mass is 10.1. The minimum Gasteiger partial charge on any atom is -0.494 e. The summed E-state index contributed by atoms with van der Waals surface area (Å²) >= 11 is 0. The summed E-state index contributed by atoms with van der Waals surface area (Å²) in [5.74, 6) is -0.677. The summed E-state index contributed by atoms with van der Waals surface area (Å²) in [6, 6.07) is 14.6. The number of carbonyl (C=O) groups excluding carboxylic acids is 3. The number of carbonyl (C=O) groups is 4. The van der Waals surface area contributed by atoms with Crippen LogP contribution in [0.25, 0.3) is 6.08 Å². The summed E-state index contributed by atoms with van der Waals surface area (Å²) in [7, 11) is 0. The summed E-state index contributed by atoms with van der Waals surface area (Å²) in [5.41, 5.74) is 2.43. The van der Waals surface area contributed by atoms with Gasteiger partial charge in [-0.15, -0.1) is 0 Å². The number of hydrogen-bond donors (Lipinski definition) is 3. The van der Waals surface area contributed by atoms with Gasteiger partial charge in [0.2, 0.25) is 0 Å². The van der Waals surface area contributed by atoms with Crippen LogP contribution in [0.5, 0.6) is 5.75 Å². The highest BCUT2D eigenvalue weighted by molar-refractivity contribution is 6.05. The van der Waals surface area contributed by atoms with Gasteiger partial charge in [-0.25, -0.2) is 0 Å². The number of esters is 1. The predicted molar refractivity (Wildman–Crippen MR) is 144 cm³/mol. The Labute approximate surface area is 227 Å². The van der Waals surface area contributed by atoms with Gasteiger partial charge in [0.1, 0.15) is 18.1 Å². The van der Waals surface area contributed by atoms with Crippen LogP contribution in [0.4, 0.5) is 0 Å².